The topological polar surface area (TPSA) is 15.3 Å². The van der Waals surface area contributed by atoms with Gasteiger partial charge in [-0.1, -0.05) is 35.8 Å². The van der Waals surface area contributed by atoms with Crippen molar-refractivity contribution < 1.29 is 4.39 Å². The molecule has 0 aliphatic heterocycles. The number of hydrogen-bond donors (Lipinski definition) is 1. The number of nitrogens with one attached hydrogen (secondary N) is 1. The SMILES string of the molecule is CCCNC(Cc1ccc(Br)cc1F)C(C)(CC)N(C)C. The predicted molar refractivity (Wildman–Crippen MR) is 92.3 cm³/mol. The first kappa shape index (κ1) is 18.6. The molecule has 1 N–H and O–H groups in total. The third-order valence-electron chi connectivity index (χ3n) is 4.57. The van der Waals surface area contributed by atoms with Crippen molar-refractivity contribution in [3.8, 4) is 0 Å². The van der Waals surface area contributed by atoms with E-state index in [4.69, 9.17) is 0 Å². The lowest BCUT2D eigenvalue weighted by atomic mass is 9.84. The van der Waals surface area contributed by atoms with Gasteiger partial charge >= 0.3 is 0 Å². The molecule has 21 heavy (non-hydrogen) atoms. The van der Waals surface area contributed by atoms with Crippen LogP contribution in [-0.4, -0.2) is 37.1 Å². The molecule has 0 bridgehead atoms. The molecule has 120 valence electrons. The van der Waals surface area contributed by atoms with Gasteiger partial charge in [0.15, 0.2) is 0 Å². The molecule has 2 nitrogen and oxygen atoms in total. The molecular formula is C17H28BrFN2. The molecule has 0 saturated heterocycles. The van der Waals surface area contributed by atoms with Gasteiger partial charge in [-0.05, 0) is 64.5 Å². The Labute approximate surface area is 137 Å². The number of rotatable bonds is 8. The Kier molecular flexibility index (Phi) is 7.31. The predicted octanol–water partition coefficient (Wildman–Crippen LogP) is 4.23. The van der Waals surface area contributed by atoms with E-state index in [1.165, 1.54) is 0 Å². The summed E-state index contributed by atoms with van der Waals surface area (Å²) in [5.74, 6) is -0.134. The number of benzene rings is 1. The van der Waals surface area contributed by atoms with Crippen LogP contribution in [0, 0.1) is 5.82 Å². The lowest BCUT2D eigenvalue weighted by Crippen LogP contribution is -2.58. The van der Waals surface area contributed by atoms with E-state index in [0.717, 1.165) is 29.4 Å². The Morgan fingerprint density at radius 3 is 2.48 bits per heavy atom. The monoisotopic (exact) mass is 358 g/mol. The maximum atomic E-state index is 14.2. The van der Waals surface area contributed by atoms with Gasteiger partial charge in [0, 0.05) is 16.1 Å². The maximum Gasteiger partial charge on any atom is 0.127 e. The second-order valence-corrected chi connectivity index (χ2v) is 6.97. The highest BCUT2D eigenvalue weighted by Gasteiger charge is 2.34. The van der Waals surface area contributed by atoms with Crippen LogP contribution in [0.25, 0.3) is 0 Å². The van der Waals surface area contributed by atoms with Crippen LogP contribution in [0.4, 0.5) is 4.39 Å². The van der Waals surface area contributed by atoms with Gasteiger partial charge in [0.05, 0.1) is 0 Å². The minimum absolute atomic E-state index is 0.00527. The van der Waals surface area contributed by atoms with Crippen LogP contribution in [0.2, 0.25) is 0 Å². The molecule has 2 atom stereocenters. The largest absolute Gasteiger partial charge is 0.312 e. The van der Waals surface area contributed by atoms with Gasteiger partial charge in [-0.3, -0.25) is 0 Å². The summed E-state index contributed by atoms with van der Waals surface area (Å²) in [7, 11) is 4.20. The van der Waals surface area contributed by atoms with E-state index in [2.05, 4.69) is 61.0 Å². The van der Waals surface area contributed by atoms with Crippen molar-refractivity contribution in [1.82, 2.24) is 10.2 Å². The van der Waals surface area contributed by atoms with Crippen molar-refractivity contribution >= 4 is 15.9 Å². The average Bonchev–Trinajstić information content (AvgIpc) is 2.44. The third kappa shape index (κ3) is 4.76. The van der Waals surface area contributed by atoms with Gasteiger partial charge in [-0.2, -0.15) is 0 Å². The first-order valence-electron chi connectivity index (χ1n) is 7.69. The Balaban J connectivity index is 3.02. The van der Waals surface area contributed by atoms with E-state index >= 15 is 0 Å². The summed E-state index contributed by atoms with van der Waals surface area (Å²) in [6.07, 6.45) is 2.79. The number of nitrogens with zero attached hydrogens (tertiary/aromatic N) is 1. The van der Waals surface area contributed by atoms with Gasteiger partial charge in [0.1, 0.15) is 5.82 Å². The summed E-state index contributed by atoms with van der Waals surface area (Å²) in [6, 6.07) is 5.55. The third-order valence-corrected chi connectivity index (χ3v) is 5.06. The van der Waals surface area contributed by atoms with E-state index in [-0.39, 0.29) is 17.4 Å². The van der Waals surface area contributed by atoms with Crippen LogP contribution >= 0.6 is 15.9 Å². The zero-order valence-corrected chi connectivity index (χ0v) is 15.4. The molecule has 0 spiro atoms. The molecule has 0 aromatic heterocycles. The Morgan fingerprint density at radius 2 is 2.00 bits per heavy atom. The van der Waals surface area contributed by atoms with Crippen LogP contribution < -0.4 is 5.32 Å². The average molecular weight is 359 g/mol. The Hall–Kier alpha value is -0.450. The van der Waals surface area contributed by atoms with Crippen molar-refractivity contribution in [2.45, 2.75) is 51.6 Å². The van der Waals surface area contributed by atoms with Crippen LogP contribution in [0.3, 0.4) is 0 Å². The summed E-state index contributed by atoms with van der Waals surface area (Å²) in [6.45, 7) is 7.55. The quantitative estimate of drug-likeness (QED) is 0.747. The summed E-state index contributed by atoms with van der Waals surface area (Å²) in [4.78, 5) is 2.25. The van der Waals surface area contributed by atoms with Gasteiger partial charge in [-0.25, -0.2) is 4.39 Å². The standard InChI is InChI=1S/C17H28BrFN2/c1-6-10-20-16(17(3,7-2)21(4)5)11-13-8-9-14(18)12-15(13)19/h8-9,12,16,20H,6-7,10-11H2,1-5H3. The molecule has 0 radical (unpaired) electrons. The molecule has 0 fully saturated rings. The van der Waals surface area contributed by atoms with Crippen molar-refractivity contribution in [3.05, 3.63) is 34.1 Å². The molecule has 0 saturated carbocycles. The normalized spacial score (nSPS) is 16.0. The van der Waals surface area contributed by atoms with Crippen molar-refractivity contribution in [2.24, 2.45) is 0 Å². The van der Waals surface area contributed by atoms with Crippen molar-refractivity contribution in [1.29, 1.82) is 0 Å². The molecule has 1 aromatic rings. The number of hydrogen-bond acceptors (Lipinski definition) is 2. The molecule has 2 unspecified atom stereocenters. The molecule has 0 aliphatic carbocycles. The van der Waals surface area contributed by atoms with E-state index in [9.17, 15) is 4.39 Å². The summed E-state index contributed by atoms with van der Waals surface area (Å²) < 4.78 is 14.9. The van der Waals surface area contributed by atoms with E-state index < -0.39 is 0 Å². The molecule has 0 heterocycles. The molecule has 0 aliphatic rings. The highest BCUT2D eigenvalue weighted by molar-refractivity contribution is 9.10. The van der Waals surface area contributed by atoms with E-state index in [1.54, 1.807) is 6.07 Å². The van der Waals surface area contributed by atoms with Crippen molar-refractivity contribution in [3.63, 3.8) is 0 Å². The first-order chi connectivity index (χ1) is 9.85. The van der Waals surface area contributed by atoms with E-state index in [0.29, 0.717) is 6.42 Å². The molecule has 0 amide bonds. The Morgan fingerprint density at radius 1 is 1.33 bits per heavy atom. The number of likely N-dealkylation sites (N-methyl/N-ethyl adjacent to an activating group) is 1. The fourth-order valence-electron chi connectivity index (χ4n) is 2.61. The summed E-state index contributed by atoms with van der Waals surface area (Å²) >= 11 is 3.32. The lowest BCUT2D eigenvalue weighted by molar-refractivity contribution is 0.112. The minimum atomic E-state index is -0.134. The van der Waals surface area contributed by atoms with Crippen LogP contribution in [-0.2, 0) is 6.42 Å². The Bertz CT molecular complexity index is 450. The van der Waals surface area contributed by atoms with Gasteiger partial charge < -0.3 is 10.2 Å². The highest BCUT2D eigenvalue weighted by Crippen LogP contribution is 2.25. The van der Waals surface area contributed by atoms with Crippen LogP contribution in [0.15, 0.2) is 22.7 Å². The number of halogens is 2. The van der Waals surface area contributed by atoms with Gasteiger partial charge in [0.2, 0.25) is 0 Å². The first-order valence-corrected chi connectivity index (χ1v) is 8.49. The second-order valence-electron chi connectivity index (χ2n) is 6.05. The second kappa shape index (κ2) is 8.25. The molecular weight excluding hydrogens is 331 g/mol. The summed E-state index contributed by atoms with van der Waals surface area (Å²) in [5, 5.41) is 3.61. The molecule has 1 aromatic carbocycles. The van der Waals surface area contributed by atoms with Crippen molar-refractivity contribution in [2.75, 3.05) is 20.6 Å². The maximum absolute atomic E-state index is 14.2. The fourth-order valence-corrected chi connectivity index (χ4v) is 2.95. The minimum Gasteiger partial charge on any atom is -0.312 e. The molecule has 1 rings (SSSR count). The highest BCUT2D eigenvalue weighted by atomic mass is 79.9. The van der Waals surface area contributed by atoms with Crippen LogP contribution in [0.1, 0.15) is 39.2 Å². The molecule has 4 heteroatoms. The zero-order valence-electron chi connectivity index (χ0n) is 13.8. The fraction of sp³-hybridized carbons (Fsp3) is 0.647. The van der Waals surface area contributed by atoms with Gasteiger partial charge in [0.25, 0.3) is 0 Å². The zero-order chi connectivity index (χ0) is 16.0. The summed E-state index contributed by atoms with van der Waals surface area (Å²) in [5.41, 5.74) is 0.766. The smallest absolute Gasteiger partial charge is 0.127 e. The van der Waals surface area contributed by atoms with Gasteiger partial charge in [-0.15, -0.1) is 0 Å². The van der Waals surface area contributed by atoms with E-state index in [1.807, 2.05) is 12.1 Å². The lowest BCUT2D eigenvalue weighted by Gasteiger charge is -2.43. The van der Waals surface area contributed by atoms with Crippen LogP contribution in [0.5, 0.6) is 0 Å².